The van der Waals surface area contributed by atoms with Crippen LogP contribution < -0.4 is 15.5 Å². The maximum absolute atomic E-state index is 11.6. The predicted molar refractivity (Wildman–Crippen MR) is 164 cm³/mol. The fourth-order valence-corrected chi connectivity index (χ4v) is 5.76. The number of aromatic nitrogens is 2. The highest BCUT2D eigenvalue weighted by molar-refractivity contribution is 5.77. The van der Waals surface area contributed by atoms with E-state index in [1.54, 1.807) is 13.1 Å². The van der Waals surface area contributed by atoms with E-state index in [1.807, 2.05) is 18.7 Å². The first-order valence-electron chi connectivity index (χ1n) is 14.5. The minimum Gasteiger partial charge on any atom is -0.369 e. The van der Waals surface area contributed by atoms with E-state index in [-0.39, 0.29) is 5.91 Å². The Morgan fingerprint density at radius 3 is 2.60 bits per heavy atom. The number of carbonyl (C=O) groups is 1. The number of aryl methyl sites for hydroxylation is 1. The van der Waals surface area contributed by atoms with Gasteiger partial charge in [-0.1, -0.05) is 24.3 Å². The van der Waals surface area contributed by atoms with Crippen LogP contribution in [0.5, 0.6) is 0 Å². The molecular formula is C32H41N7O. The number of nitrogens with one attached hydrogen (secondary N) is 2. The van der Waals surface area contributed by atoms with E-state index in [1.165, 1.54) is 24.1 Å². The summed E-state index contributed by atoms with van der Waals surface area (Å²) in [5.41, 5.74) is 5.96. The van der Waals surface area contributed by atoms with Gasteiger partial charge in [-0.05, 0) is 76.3 Å². The second-order valence-electron chi connectivity index (χ2n) is 10.9. The summed E-state index contributed by atoms with van der Waals surface area (Å²) < 4.78 is 0. The molecule has 0 bridgehead atoms. The Labute approximate surface area is 237 Å². The third kappa shape index (κ3) is 6.50. The van der Waals surface area contributed by atoms with E-state index >= 15 is 0 Å². The van der Waals surface area contributed by atoms with Gasteiger partial charge in [0.15, 0.2) is 11.6 Å². The van der Waals surface area contributed by atoms with Crippen molar-refractivity contribution in [2.24, 2.45) is 4.99 Å². The number of piperidine rings is 1. The summed E-state index contributed by atoms with van der Waals surface area (Å²) in [4.78, 5) is 30.4. The van der Waals surface area contributed by atoms with Gasteiger partial charge in [-0.15, -0.1) is 0 Å². The van der Waals surface area contributed by atoms with E-state index in [2.05, 4.69) is 76.0 Å². The molecule has 8 nitrogen and oxygen atoms in total. The Bertz CT molecular complexity index is 1360. The molecule has 1 aromatic heterocycles. The lowest BCUT2D eigenvalue weighted by Crippen LogP contribution is -2.43. The van der Waals surface area contributed by atoms with Crippen molar-refractivity contribution in [1.29, 1.82) is 0 Å². The summed E-state index contributed by atoms with van der Waals surface area (Å²) in [6.07, 6.45) is 6.21. The van der Waals surface area contributed by atoms with E-state index in [4.69, 9.17) is 9.97 Å². The van der Waals surface area contributed by atoms with Crippen LogP contribution in [-0.4, -0.2) is 58.7 Å². The van der Waals surface area contributed by atoms with Crippen LogP contribution in [0.25, 0.3) is 11.4 Å². The number of likely N-dealkylation sites (tertiary alicyclic amines) is 1. The number of carbonyl (C=O) groups excluding carboxylic acids is 1. The molecule has 3 heterocycles. The molecule has 8 heteroatoms. The Balaban J connectivity index is 1.35. The summed E-state index contributed by atoms with van der Waals surface area (Å²) in [5.74, 6) is 1.55. The van der Waals surface area contributed by atoms with Gasteiger partial charge in [-0.2, -0.15) is 0 Å². The maximum Gasteiger partial charge on any atom is 0.219 e. The van der Waals surface area contributed by atoms with Gasteiger partial charge in [0.05, 0.1) is 5.69 Å². The van der Waals surface area contributed by atoms with Crippen LogP contribution in [0.15, 0.2) is 53.5 Å². The average molecular weight is 540 g/mol. The van der Waals surface area contributed by atoms with E-state index in [0.29, 0.717) is 23.7 Å². The number of rotatable bonds is 8. The highest BCUT2D eigenvalue weighted by Gasteiger charge is 2.22. The zero-order valence-electron chi connectivity index (χ0n) is 24.2. The lowest BCUT2D eigenvalue weighted by atomic mass is 10.0. The van der Waals surface area contributed by atoms with Crippen LogP contribution >= 0.6 is 0 Å². The van der Waals surface area contributed by atoms with Gasteiger partial charge in [0, 0.05) is 68.3 Å². The minimum absolute atomic E-state index is 0.167. The van der Waals surface area contributed by atoms with Gasteiger partial charge in [-0.25, -0.2) is 9.97 Å². The zero-order chi connectivity index (χ0) is 28.1. The average Bonchev–Trinajstić information content (AvgIpc) is 3.40. The number of benzene rings is 2. The molecule has 2 N–H and O–H groups in total. The van der Waals surface area contributed by atoms with Gasteiger partial charge >= 0.3 is 0 Å². The van der Waals surface area contributed by atoms with Crippen LogP contribution in [0.3, 0.4) is 0 Å². The molecule has 0 saturated carbocycles. The Morgan fingerprint density at radius 1 is 1.07 bits per heavy atom. The summed E-state index contributed by atoms with van der Waals surface area (Å²) in [6.45, 7) is 11.3. The molecule has 0 radical (unpaired) electrons. The van der Waals surface area contributed by atoms with Gasteiger partial charge < -0.3 is 20.4 Å². The normalized spacial score (nSPS) is 18.1. The van der Waals surface area contributed by atoms with Crippen LogP contribution in [0.2, 0.25) is 0 Å². The largest absolute Gasteiger partial charge is 0.369 e. The fourth-order valence-electron chi connectivity index (χ4n) is 5.76. The quantitative estimate of drug-likeness (QED) is 0.341. The fraction of sp³-hybridized carbons (Fsp3) is 0.438. The predicted octanol–water partition coefficient (Wildman–Crippen LogP) is 6.01. The Kier molecular flexibility index (Phi) is 8.75. The Hall–Kier alpha value is -3.78. The first-order chi connectivity index (χ1) is 19.4. The lowest BCUT2D eigenvalue weighted by molar-refractivity contribution is -0.129. The number of hydrogen-bond acceptors (Lipinski definition) is 7. The highest BCUT2D eigenvalue weighted by Crippen LogP contribution is 2.33. The molecule has 1 unspecified atom stereocenters. The van der Waals surface area contributed by atoms with Crippen LogP contribution in [-0.2, 0) is 11.3 Å². The van der Waals surface area contributed by atoms with Crippen LogP contribution in [0, 0.1) is 6.92 Å². The van der Waals surface area contributed by atoms with Crippen molar-refractivity contribution in [1.82, 2.24) is 20.2 Å². The standard InChI is InChI=1S/C32H41N7O/c1-5-33-30-23(3)35-31(37-32(30)36-28-12-7-13-29(20-28)39-16-8-9-22(39)2)26-11-6-10-25(19-26)21-34-27-14-17-38(18-15-27)24(4)40/h5-7,10-13,19-20,22,27,34H,8-9,14-18,21H2,1-4H3,(H,35,36,37). The van der Waals surface area contributed by atoms with Crippen molar-refractivity contribution >= 4 is 35.0 Å². The smallest absolute Gasteiger partial charge is 0.219 e. The van der Waals surface area contributed by atoms with E-state index < -0.39 is 0 Å². The summed E-state index contributed by atoms with van der Waals surface area (Å²) in [5, 5.41) is 7.22. The molecule has 2 aromatic carbocycles. The SMILES string of the molecule is CC=Nc1c(C)nc(-c2cccc(CNC3CCN(C(C)=O)CC3)c2)nc1Nc1cccc(N2CCCC2C)c1. The summed E-state index contributed by atoms with van der Waals surface area (Å²) >= 11 is 0. The van der Waals surface area contributed by atoms with E-state index in [9.17, 15) is 4.79 Å². The molecule has 1 atom stereocenters. The number of anilines is 3. The molecule has 2 aliphatic heterocycles. The second kappa shape index (κ2) is 12.6. The molecule has 1 amide bonds. The number of hydrogen-bond donors (Lipinski definition) is 2. The second-order valence-corrected chi connectivity index (χ2v) is 10.9. The van der Waals surface area contributed by atoms with Crippen molar-refractivity contribution < 1.29 is 4.79 Å². The van der Waals surface area contributed by atoms with Gasteiger partial charge in [-0.3, -0.25) is 9.79 Å². The third-order valence-corrected chi connectivity index (χ3v) is 8.03. The van der Waals surface area contributed by atoms with E-state index in [0.717, 1.165) is 61.7 Å². The van der Waals surface area contributed by atoms with Crippen LogP contribution in [0.4, 0.5) is 22.9 Å². The number of nitrogens with zero attached hydrogens (tertiary/aromatic N) is 5. The van der Waals surface area contributed by atoms with Gasteiger partial charge in [0.1, 0.15) is 5.69 Å². The molecule has 0 spiro atoms. The van der Waals surface area contributed by atoms with Crippen LogP contribution in [0.1, 0.15) is 57.7 Å². The zero-order valence-corrected chi connectivity index (χ0v) is 24.2. The highest BCUT2D eigenvalue weighted by atomic mass is 16.2. The van der Waals surface area contributed by atoms with Crippen molar-refractivity contribution in [2.45, 2.75) is 72.0 Å². The summed E-state index contributed by atoms with van der Waals surface area (Å²) in [7, 11) is 0. The monoisotopic (exact) mass is 539 g/mol. The number of aliphatic imine (C=N–C) groups is 1. The first-order valence-corrected chi connectivity index (χ1v) is 14.5. The Morgan fingerprint density at radius 2 is 1.88 bits per heavy atom. The van der Waals surface area contributed by atoms with Crippen molar-refractivity contribution in [3.63, 3.8) is 0 Å². The molecule has 40 heavy (non-hydrogen) atoms. The molecule has 210 valence electrons. The first kappa shape index (κ1) is 27.8. The third-order valence-electron chi connectivity index (χ3n) is 8.03. The van der Waals surface area contributed by atoms with Crippen molar-refractivity contribution in [2.75, 3.05) is 29.9 Å². The van der Waals surface area contributed by atoms with Crippen molar-refractivity contribution in [3.05, 3.63) is 59.8 Å². The summed E-state index contributed by atoms with van der Waals surface area (Å²) in [6, 6.07) is 17.9. The topological polar surface area (TPSA) is 85.8 Å². The number of amides is 1. The van der Waals surface area contributed by atoms with Gasteiger partial charge in [0.25, 0.3) is 0 Å². The lowest BCUT2D eigenvalue weighted by Gasteiger charge is -2.31. The minimum atomic E-state index is 0.167. The molecule has 2 saturated heterocycles. The maximum atomic E-state index is 11.6. The van der Waals surface area contributed by atoms with Crippen molar-refractivity contribution in [3.8, 4) is 11.4 Å². The van der Waals surface area contributed by atoms with Gasteiger partial charge in [0.2, 0.25) is 5.91 Å². The molecule has 5 rings (SSSR count). The molecule has 3 aromatic rings. The molecule has 0 aliphatic carbocycles. The molecule has 2 aliphatic rings. The molecular weight excluding hydrogens is 498 g/mol. The molecule has 2 fully saturated rings.